The molecule has 0 radical (unpaired) electrons. The lowest BCUT2D eigenvalue weighted by Gasteiger charge is -2.33. The number of ether oxygens (including phenoxy) is 2. The third-order valence-corrected chi connectivity index (χ3v) is 3.97. The second-order valence-corrected chi connectivity index (χ2v) is 6.07. The maximum absolute atomic E-state index is 5.85. The number of hydrogen-bond donors (Lipinski definition) is 1. The summed E-state index contributed by atoms with van der Waals surface area (Å²) < 4.78 is 11.4. The number of anilines is 1. The first-order valence-electron chi connectivity index (χ1n) is 8.03. The second-order valence-electron chi connectivity index (χ2n) is 5.64. The lowest BCUT2D eigenvalue weighted by Crippen LogP contribution is -2.49. The zero-order valence-electron chi connectivity index (χ0n) is 13.6. The average Bonchev–Trinajstić information content (AvgIpc) is 2.61. The van der Waals surface area contributed by atoms with Gasteiger partial charge in [0, 0.05) is 43.1 Å². The molecule has 0 bridgehead atoms. The van der Waals surface area contributed by atoms with Gasteiger partial charge in [-0.2, -0.15) is 0 Å². The van der Waals surface area contributed by atoms with Crippen molar-refractivity contribution in [3.63, 3.8) is 0 Å². The molecular weight excluding hydrogens is 328 g/mol. The molecule has 24 heavy (non-hydrogen) atoms. The maximum atomic E-state index is 5.85. The number of nitrogens with one attached hydrogen (secondary N) is 1. The molecule has 1 aliphatic rings. The maximum Gasteiger partial charge on any atom is 0.257 e. The number of aromatic nitrogens is 2. The molecule has 0 saturated carbocycles. The van der Waals surface area contributed by atoms with Gasteiger partial charge in [-0.1, -0.05) is 11.6 Å². The molecule has 1 fully saturated rings. The van der Waals surface area contributed by atoms with Gasteiger partial charge in [0.2, 0.25) is 0 Å². The molecule has 2 heterocycles. The van der Waals surface area contributed by atoms with Gasteiger partial charge in [-0.15, -0.1) is 0 Å². The predicted octanol–water partition coefficient (Wildman–Crippen LogP) is 2.39. The minimum Gasteiger partial charge on any atom is -0.490 e. The van der Waals surface area contributed by atoms with Gasteiger partial charge in [0.05, 0.1) is 0 Å². The molecule has 1 atom stereocenters. The largest absolute Gasteiger partial charge is 0.490 e. The first-order valence-corrected chi connectivity index (χ1v) is 8.40. The van der Waals surface area contributed by atoms with Crippen molar-refractivity contribution in [2.45, 2.75) is 13.0 Å². The standard InChI is InChI=1S/C17H21ClN4O2/c1-13-12-22(9-8-19-13)16-17(21-7-6-20-16)24-11-10-23-15-4-2-14(18)3-5-15/h2-7,13,19H,8-12H2,1H3. The van der Waals surface area contributed by atoms with Crippen LogP contribution in [0.4, 0.5) is 5.82 Å². The third-order valence-electron chi connectivity index (χ3n) is 3.72. The van der Waals surface area contributed by atoms with E-state index in [0.29, 0.717) is 30.2 Å². The normalized spacial score (nSPS) is 17.6. The topological polar surface area (TPSA) is 59.5 Å². The van der Waals surface area contributed by atoms with Gasteiger partial charge in [-0.3, -0.25) is 0 Å². The molecule has 0 aliphatic carbocycles. The summed E-state index contributed by atoms with van der Waals surface area (Å²) in [6, 6.07) is 7.67. The van der Waals surface area contributed by atoms with Crippen LogP contribution in [0.25, 0.3) is 0 Å². The van der Waals surface area contributed by atoms with Gasteiger partial charge in [-0.25, -0.2) is 9.97 Å². The monoisotopic (exact) mass is 348 g/mol. The highest BCUT2D eigenvalue weighted by atomic mass is 35.5. The van der Waals surface area contributed by atoms with Crippen molar-refractivity contribution in [1.82, 2.24) is 15.3 Å². The van der Waals surface area contributed by atoms with E-state index in [9.17, 15) is 0 Å². The number of benzene rings is 1. The Labute approximate surface area is 146 Å². The minimum absolute atomic E-state index is 0.399. The number of piperazine rings is 1. The van der Waals surface area contributed by atoms with E-state index in [1.54, 1.807) is 24.5 Å². The fraction of sp³-hybridized carbons (Fsp3) is 0.412. The van der Waals surface area contributed by atoms with E-state index in [2.05, 4.69) is 27.1 Å². The van der Waals surface area contributed by atoms with E-state index >= 15 is 0 Å². The van der Waals surface area contributed by atoms with Crippen LogP contribution in [0.5, 0.6) is 11.6 Å². The van der Waals surface area contributed by atoms with Crippen molar-refractivity contribution >= 4 is 17.4 Å². The average molecular weight is 349 g/mol. The Kier molecular flexibility index (Phi) is 5.72. The van der Waals surface area contributed by atoms with Gasteiger partial charge in [-0.05, 0) is 31.2 Å². The molecular formula is C17H21ClN4O2. The number of rotatable bonds is 6. The molecule has 6 nitrogen and oxygen atoms in total. The quantitative estimate of drug-likeness (QED) is 0.809. The smallest absolute Gasteiger partial charge is 0.257 e. The first-order chi connectivity index (χ1) is 11.7. The number of hydrogen-bond acceptors (Lipinski definition) is 6. The lowest BCUT2D eigenvalue weighted by molar-refractivity contribution is 0.211. The molecule has 1 aromatic carbocycles. The van der Waals surface area contributed by atoms with E-state index < -0.39 is 0 Å². The Hall–Kier alpha value is -2.05. The summed E-state index contributed by atoms with van der Waals surface area (Å²) in [7, 11) is 0. The summed E-state index contributed by atoms with van der Waals surface area (Å²) in [6.45, 7) is 5.68. The van der Waals surface area contributed by atoms with E-state index in [4.69, 9.17) is 21.1 Å². The fourth-order valence-corrected chi connectivity index (χ4v) is 2.72. The Bertz CT molecular complexity index is 653. The van der Waals surface area contributed by atoms with Crippen LogP contribution in [0.1, 0.15) is 6.92 Å². The summed E-state index contributed by atoms with van der Waals surface area (Å²) in [5, 5.41) is 4.10. The molecule has 1 aliphatic heterocycles. The van der Waals surface area contributed by atoms with Gasteiger partial charge >= 0.3 is 0 Å². The van der Waals surface area contributed by atoms with Crippen LogP contribution < -0.4 is 19.7 Å². The molecule has 1 aromatic heterocycles. The lowest BCUT2D eigenvalue weighted by atomic mass is 10.2. The molecule has 7 heteroatoms. The van der Waals surface area contributed by atoms with E-state index in [-0.39, 0.29) is 0 Å². The SMILES string of the molecule is CC1CN(c2nccnc2OCCOc2ccc(Cl)cc2)CCN1. The van der Waals surface area contributed by atoms with Gasteiger partial charge < -0.3 is 19.7 Å². The summed E-state index contributed by atoms with van der Waals surface area (Å²) in [5.74, 6) is 2.10. The third kappa shape index (κ3) is 4.49. The summed E-state index contributed by atoms with van der Waals surface area (Å²) in [4.78, 5) is 11.0. The summed E-state index contributed by atoms with van der Waals surface area (Å²) in [5.41, 5.74) is 0. The summed E-state index contributed by atoms with van der Waals surface area (Å²) in [6.07, 6.45) is 3.34. The van der Waals surface area contributed by atoms with Crippen molar-refractivity contribution in [2.75, 3.05) is 37.7 Å². The van der Waals surface area contributed by atoms with Crippen molar-refractivity contribution in [2.24, 2.45) is 0 Å². The first kappa shape index (κ1) is 16.8. The zero-order chi connectivity index (χ0) is 16.8. The van der Waals surface area contributed by atoms with Crippen LogP contribution in [-0.4, -0.2) is 48.9 Å². The van der Waals surface area contributed by atoms with Crippen LogP contribution in [-0.2, 0) is 0 Å². The van der Waals surface area contributed by atoms with Crippen LogP contribution in [0.2, 0.25) is 5.02 Å². The van der Waals surface area contributed by atoms with Crippen molar-refractivity contribution in [1.29, 1.82) is 0 Å². The number of nitrogens with zero attached hydrogens (tertiary/aromatic N) is 3. The molecule has 3 rings (SSSR count). The zero-order valence-corrected chi connectivity index (χ0v) is 14.4. The van der Waals surface area contributed by atoms with E-state index in [1.165, 1.54) is 0 Å². The molecule has 1 N–H and O–H groups in total. The van der Waals surface area contributed by atoms with Crippen LogP contribution in [0.15, 0.2) is 36.7 Å². The van der Waals surface area contributed by atoms with Crippen molar-refractivity contribution in [3.05, 3.63) is 41.7 Å². The Balaban J connectivity index is 1.54. The van der Waals surface area contributed by atoms with Gasteiger partial charge in [0.25, 0.3) is 5.88 Å². The Morgan fingerprint density at radius 1 is 1.17 bits per heavy atom. The number of halogens is 1. The molecule has 1 saturated heterocycles. The van der Waals surface area contributed by atoms with Gasteiger partial charge in [0.1, 0.15) is 19.0 Å². The van der Waals surface area contributed by atoms with Crippen LogP contribution >= 0.6 is 11.6 Å². The highest BCUT2D eigenvalue weighted by molar-refractivity contribution is 6.30. The fourth-order valence-electron chi connectivity index (χ4n) is 2.59. The predicted molar refractivity (Wildman–Crippen MR) is 94.2 cm³/mol. The second kappa shape index (κ2) is 8.17. The molecule has 0 spiro atoms. The molecule has 0 amide bonds. The molecule has 1 unspecified atom stereocenters. The van der Waals surface area contributed by atoms with Crippen LogP contribution in [0.3, 0.4) is 0 Å². The van der Waals surface area contributed by atoms with Crippen molar-refractivity contribution < 1.29 is 9.47 Å². The van der Waals surface area contributed by atoms with E-state index in [0.717, 1.165) is 31.2 Å². The Morgan fingerprint density at radius 3 is 2.71 bits per heavy atom. The van der Waals surface area contributed by atoms with E-state index in [1.807, 2.05) is 12.1 Å². The Morgan fingerprint density at radius 2 is 1.92 bits per heavy atom. The minimum atomic E-state index is 0.399. The summed E-state index contributed by atoms with van der Waals surface area (Å²) >= 11 is 5.85. The molecule has 128 valence electrons. The van der Waals surface area contributed by atoms with Crippen molar-refractivity contribution in [3.8, 4) is 11.6 Å². The van der Waals surface area contributed by atoms with Crippen LogP contribution in [0, 0.1) is 0 Å². The van der Waals surface area contributed by atoms with Gasteiger partial charge in [0.15, 0.2) is 5.82 Å². The molecule has 2 aromatic rings. The highest BCUT2D eigenvalue weighted by Gasteiger charge is 2.20. The highest BCUT2D eigenvalue weighted by Crippen LogP contribution is 2.23.